The van der Waals surface area contributed by atoms with Crippen LogP contribution < -0.4 is 5.32 Å². The Morgan fingerprint density at radius 3 is 2.39 bits per heavy atom. The third-order valence-electron chi connectivity index (χ3n) is 6.63. The second-order valence-corrected chi connectivity index (χ2v) is 8.65. The quantitative estimate of drug-likeness (QED) is 0.876. The summed E-state index contributed by atoms with van der Waals surface area (Å²) in [6.45, 7) is 10.1. The highest BCUT2D eigenvalue weighted by atomic mass is 16.2. The van der Waals surface area contributed by atoms with Gasteiger partial charge in [-0.15, -0.1) is 0 Å². The van der Waals surface area contributed by atoms with E-state index in [9.17, 15) is 4.79 Å². The average Bonchev–Trinajstić information content (AvgIpc) is 2.92. The molecule has 28 heavy (non-hydrogen) atoms. The summed E-state index contributed by atoms with van der Waals surface area (Å²) in [4.78, 5) is 27.0. The van der Waals surface area contributed by atoms with E-state index in [0.29, 0.717) is 17.4 Å². The molecule has 2 unspecified atom stereocenters. The number of aromatic nitrogens is 2. The van der Waals surface area contributed by atoms with Crippen LogP contribution in [-0.4, -0.2) is 71.0 Å². The van der Waals surface area contributed by atoms with E-state index in [2.05, 4.69) is 55.4 Å². The zero-order valence-electron chi connectivity index (χ0n) is 16.6. The van der Waals surface area contributed by atoms with Crippen molar-refractivity contribution < 1.29 is 4.79 Å². The van der Waals surface area contributed by atoms with Gasteiger partial charge in [-0.1, -0.05) is 30.3 Å². The molecule has 2 aromatic rings. The van der Waals surface area contributed by atoms with Gasteiger partial charge in [0.25, 0.3) is 5.91 Å². The average molecular weight is 377 g/mol. The van der Waals surface area contributed by atoms with Crippen molar-refractivity contribution in [2.24, 2.45) is 5.92 Å². The molecule has 6 nitrogen and oxygen atoms in total. The van der Waals surface area contributed by atoms with E-state index in [1.807, 2.05) is 13.8 Å². The van der Waals surface area contributed by atoms with Gasteiger partial charge in [0, 0.05) is 62.3 Å². The third-order valence-corrected chi connectivity index (χ3v) is 6.63. The lowest BCUT2D eigenvalue weighted by atomic mass is 9.64. The van der Waals surface area contributed by atoms with E-state index in [0.717, 1.165) is 45.0 Å². The molecule has 3 atom stereocenters. The number of rotatable bonds is 3. The predicted molar refractivity (Wildman–Crippen MR) is 107 cm³/mol. The number of nitrogens with zero attached hydrogens (tertiary/aromatic N) is 4. The molecule has 1 amide bonds. The van der Waals surface area contributed by atoms with Crippen LogP contribution in [0.2, 0.25) is 0 Å². The molecule has 4 fully saturated rings. The molecule has 4 aliphatic rings. The standard InChI is InChI=1S/C22H27N5O/c1-15-10-19(24-16(2)23-15)21(28)25-20-17-11-26-8-9-27(12-17)14-22(20,13-26)18-6-4-3-5-7-18/h3-7,10,17,20H,8-9,11-14H2,1-2H3,(H,25,28)/t17?,20-,22?/m1/s1. The second kappa shape index (κ2) is 6.64. The van der Waals surface area contributed by atoms with Gasteiger partial charge in [0.1, 0.15) is 11.5 Å². The molecule has 146 valence electrons. The van der Waals surface area contributed by atoms with Crippen molar-refractivity contribution in [2.75, 3.05) is 39.3 Å². The summed E-state index contributed by atoms with van der Waals surface area (Å²) in [5, 5.41) is 3.42. The first-order chi connectivity index (χ1) is 13.5. The van der Waals surface area contributed by atoms with E-state index in [1.165, 1.54) is 5.56 Å². The van der Waals surface area contributed by atoms with Gasteiger partial charge >= 0.3 is 0 Å². The number of fused-ring (bicyclic) bond motifs is 1. The molecule has 0 radical (unpaired) electrons. The van der Waals surface area contributed by atoms with Crippen LogP contribution in [0, 0.1) is 19.8 Å². The Balaban J connectivity index is 1.52. The number of aryl methyl sites for hydroxylation is 2. The number of hydrogen-bond donors (Lipinski definition) is 1. The Bertz CT molecular complexity index is 863. The van der Waals surface area contributed by atoms with Gasteiger partial charge < -0.3 is 15.1 Å². The first-order valence-electron chi connectivity index (χ1n) is 10.2. The summed E-state index contributed by atoms with van der Waals surface area (Å²) in [5.41, 5.74) is 2.55. The molecular weight excluding hydrogens is 350 g/mol. The fourth-order valence-electron chi connectivity index (χ4n) is 5.62. The molecule has 1 aromatic carbocycles. The van der Waals surface area contributed by atoms with Crippen molar-refractivity contribution in [3.05, 3.63) is 59.2 Å². The number of carbonyl (C=O) groups is 1. The zero-order chi connectivity index (χ0) is 19.3. The molecule has 1 aromatic heterocycles. The maximum absolute atomic E-state index is 13.2. The molecule has 0 aliphatic carbocycles. The number of piperidine rings is 2. The number of hydrogen-bond acceptors (Lipinski definition) is 5. The van der Waals surface area contributed by atoms with Crippen molar-refractivity contribution in [3.63, 3.8) is 0 Å². The lowest BCUT2D eigenvalue weighted by Crippen LogP contribution is -2.70. The monoisotopic (exact) mass is 377 g/mol. The Hall–Kier alpha value is -2.31. The Morgan fingerprint density at radius 2 is 1.75 bits per heavy atom. The molecule has 4 aliphatic heterocycles. The van der Waals surface area contributed by atoms with Crippen LogP contribution in [-0.2, 0) is 5.41 Å². The van der Waals surface area contributed by atoms with Crippen LogP contribution in [0.1, 0.15) is 27.6 Å². The zero-order valence-corrected chi connectivity index (χ0v) is 16.6. The van der Waals surface area contributed by atoms with Gasteiger partial charge in [0.15, 0.2) is 0 Å². The van der Waals surface area contributed by atoms with Crippen LogP contribution in [0.5, 0.6) is 0 Å². The maximum Gasteiger partial charge on any atom is 0.270 e. The van der Waals surface area contributed by atoms with E-state index >= 15 is 0 Å². The lowest BCUT2D eigenvalue weighted by molar-refractivity contribution is 0.0179. The van der Waals surface area contributed by atoms with Gasteiger partial charge in [-0.3, -0.25) is 4.79 Å². The molecule has 4 saturated heterocycles. The normalized spacial score (nSPS) is 33.5. The van der Waals surface area contributed by atoms with Gasteiger partial charge in [0.2, 0.25) is 0 Å². The van der Waals surface area contributed by atoms with E-state index in [1.54, 1.807) is 6.07 Å². The fourth-order valence-corrected chi connectivity index (χ4v) is 5.62. The van der Waals surface area contributed by atoms with Crippen molar-refractivity contribution in [3.8, 4) is 0 Å². The van der Waals surface area contributed by atoms with Crippen molar-refractivity contribution in [2.45, 2.75) is 25.3 Å². The fraction of sp³-hybridized carbons (Fsp3) is 0.500. The Kier molecular flexibility index (Phi) is 4.21. The van der Waals surface area contributed by atoms with E-state index in [4.69, 9.17) is 0 Å². The topological polar surface area (TPSA) is 61.4 Å². The molecule has 1 N–H and O–H groups in total. The highest BCUT2D eigenvalue weighted by Crippen LogP contribution is 2.43. The maximum atomic E-state index is 13.2. The van der Waals surface area contributed by atoms with Gasteiger partial charge in [0.05, 0.1) is 0 Å². The molecule has 0 spiro atoms. The SMILES string of the molecule is Cc1cc(C(=O)N[C@@H]2C3CN4CCN(C3)CC2(c2ccccc2)C4)nc(C)n1. The van der Waals surface area contributed by atoms with Crippen LogP contribution in [0.4, 0.5) is 0 Å². The van der Waals surface area contributed by atoms with Crippen LogP contribution >= 0.6 is 0 Å². The predicted octanol–water partition coefficient (Wildman–Crippen LogP) is 1.39. The molecule has 4 bridgehead atoms. The number of benzene rings is 1. The number of nitrogens with one attached hydrogen (secondary N) is 1. The minimum atomic E-state index is -0.0787. The lowest BCUT2D eigenvalue weighted by Gasteiger charge is -2.55. The second-order valence-electron chi connectivity index (χ2n) is 8.65. The summed E-state index contributed by atoms with van der Waals surface area (Å²) in [6, 6.07) is 12.7. The molecule has 6 heteroatoms. The summed E-state index contributed by atoms with van der Waals surface area (Å²) in [6.07, 6.45) is 0. The first-order valence-corrected chi connectivity index (χ1v) is 10.2. The highest BCUT2D eigenvalue weighted by Gasteiger charge is 2.55. The Morgan fingerprint density at radius 1 is 1.07 bits per heavy atom. The van der Waals surface area contributed by atoms with Crippen molar-refractivity contribution >= 4 is 5.91 Å². The largest absolute Gasteiger partial charge is 0.347 e. The summed E-state index contributed by atoms with van der Waals surface area (Å²) in [5.74, 6) is 0.991. The van der Waals surface area contributed by atoms with E-state index < -0.39 is 0 Å². The third kappa shape index (κ3) is 2.91. The van der Waals surface area contributed by atoms with E-state index in [-0.39, 0.29) is 17.4 Å². The smallest absolute Gasteiger partial charge is 0.270 e. The van der Waals surface area contributed by atoms with Gasteiger partial charge in [-0.2, -0.15) is 0 Å². The minimum absolute atomic E-state index is 0.0777. The summed E-state index contributed by atoms with van der Waals surface area (Å²) in [7, 11) is 0. The first kappa shape index (κ1) is 17.8. The highest BCUT2D eigenvalue weighted by molar-refractivity contribution is 5.92. The molecule has 6 rings (SSSR count). The molecule has 0 saturated carbocycles. The number of carbonyl (C=O) groups excluding carboxylic acids is 1. The summed E-state index contributed by atoms with van der Waals surface area (Å²) < 4.78 is 0. The van der Waals surface area contributed by atoms with Gasteiger partial charge in [-0.25, -0.2) is 9.97 Å². The minimum Gasteiger partial charge on any atom is -0.347 e. The number of amides is 1. The molecule has 5 heterocycles. The van der Waals surface area contributed by atoms with Crippen molar-refractivity contribution in [1.29, 1.82) is 0 Å². The van der Waals surface area contributed by atoms with Crippen LogP contribution in [0.25, 0.3) is 0 Å². The summed E-state index contributed by atoms with van der Waals surface area (Å²) >= 11 is 0. The van der Waals surface area contributed by atoms with Crippen LogP contribution in [0.15, 0.2) is 36.4 Å². The van der Waals surface area contributed by atoms with Gasteiger partial charge in [-0.05, 0) is 25.5 Å². The van der Waals surface area contributed by atoms with Crippen LogP contribution in [0.3, 0.4) is 0 Å². The molecular formula is C22H27N5O. The van der Waals surface area contributed by atoms with Crippen molar-refractivity contribution in [1.82, 2.24) is 25.1 Å². The Labute approximate surface area is 166 Å².